The second kappa shape index (κ2) is 9.05. The van der Waals surface area contributed by atoms with Gasteiger partial charge in [-0.05, 0) is 47.5 Å². The molecule has 5 heteroatoms. The molecule has 0 aromatic heterocycles. The lowest BCUT2D eigenvalue weighted by Crippen LogP contribution is -1.85. The van der Waals surface area contributed by atoms with Crippen LogP contribution in [0.2, 0.25) is 5.02 Å². The van der Waals surface area contributed by atoms with Crippen LogP contribution in [0.25, 0.3) is 12.2 Å². The number of rotatable bonds is 6. The predicted octanol–water partition coefficient (Wildman–Crippen LogP) is 7.24. The summed E-state index contributed by atoms with van der Waals surface area (Å²) >= 11 is 9.62. The van der Waals surface area contributed by atoms with Gasteiger partial charge in [0.2, 0.25) is 0 Å². The quantitative estimate of drug-likeness (QED) is 0.301. The minimum Gasteiger partial charge on any atom is -0.441 e. The zero-order valence-corrected chi connectivity index (χ0v) is 16.5. The molecule has 0 radical (unpaired) electrons. The first-order valence-electron chi connectivity index (χ1n) is 7.58. The van der Waals surface area contributed by atoms with Gasteiger partial charge in [-0.2, -0.15) is 0 Å². The average molecular weight is 434 g/mol. The molecule has 1 unspecified atom stereocenters. The zero-order valence-electron chi connectivity index (χ0n) is 13.2. The molecule has 0 saturated heterocycles. The van der Waals surface area contributed by atoms with Crippen molar-refractivity contribution in [2.75, 3.05) is 0 Å². The molecular formula is C20H15BrClO2P. The predicted molar refractivity (Wildman–Crippen MR) is 111 cm³/mol. The van der Waals surface area contributed by atoms with Crippen molar-refractivity contribution in [3.05, 3.63) is 93.4 Å². The molecule has 25 heavy (non-hydrogen) atoms. The SMILES string of the molecule is Clc1cc(Br)ccc1/C=C/c1ccc(OPOc2ccccc2)cc1. The van der Waals surface area contributed by atoms with Crippen LogP contribution in [0, 0.1) is 0 Å². The van der Waals surface area contributed by atoms with Gasteiger partial charge in [-0.25, -0.2) is 0 Å². The third-order valence-corrected chi connectivity index (χ3v) is 4.82. The number of benzene rings is 3. The normalized spacial score (nSPS) is 11.3. The van der Waals surface area contributed by atoms with Crippen LogP contribution >= 0.6 is 36.6 Å². The third kappa shape index (κ3) is 5.61. The first kappa shape index (κ1) is 18.0. The highest BCUT2D eigenvalue weighted by Crippen LogP contribution is 2.26. The Morgan fingerprint density at radius 2 is 1.48 bits per heavy atom. The van der Waals surface area contributed by atoms with Gasteiger partial charge in [-0.15, -0.1) is 0 Å². The van der Waals surface area contributed by atoms with E-state index in [1.165, 1.54) is 0 Å². The van der Waals surface area contributed by atoms with Gasteiger partial charge in [-0.1, -0.05) is 76.1 Å². The second-order valence-corrected chi connectivity index (χ2v) is 7.07. The van der Waals surface area contributed by atoms with Gasteiger partial charge in [0.15, 0.2) is 0 Å². The summed E-state index contributed by atoms with van der Waals surface area (Å²) in [5, 5.41) is 0.713. The molecule has 126 valence electrons. The Hall–Kier alpha value is -1.80. The highest BCUT2D eigenvalue weighted by molar-refractivity contribution is 9.10. The molecule has 2 nitrogen and oxygen atoms in total. The van der Waals surface area contributed by atoms with E-state index in [9.17, 15) is 0 Å². The first-order valence-corrected chi connectivity index (χ1v) is 9.56. The van der Waals surface area contributed by atoms with Gasteiger partial charge < -0.3 is 9.05 Å². The van der Waals surface area contributed by atoms with Crippen LogP contribution in [0.1, 0.15) is 11.1 Å². The van der Waals surface area contributed by atoms with Crippen LogP contribution in [0.4, 0.5) is 0 Å². The molecule has 0 aliphatic rings. The summed E-state index contributed by atoms with van der Waals surface area (Å²) in [6, 6.07) is 23.3. The maximum absolute atomic E-state index is 6.21. The first-order chi connectivity index (χ1) is 12.2. The van der Waals surface area contributed by atoms with E-state index >= 15 is 0 Å². The fraction of sp³-hybridized carbons (Fsp3) is 0. The van der Waals surface area contributed by atoms with E-state index in [1.54, 1.807) is 0 Å². The average Bonchev–Trinajstić information content (AvgIpc) is 2.63. The molecule has 0 aliphatic heterocycles. The van der Waals surface area contributed by atoms with Crippen molar-refractivity contribution in [1.82, 2.24) is 0 Å². The van der Waals surface area contributed by atoms with Crippen molar-refractivity contribution >= 4 is 48.7 Å². The van der Waals surface area contributed by atoms with E-state index in [1.807, 2.05) is 84.9 Å². The molecule has 3 aromatic rings. The maximum atomic E-state index is 6.21. The lowest BCUT2D eigenvalue weighted by Gasteiger charge is -2.07. The molecule has 0 amide bonds. The second-order valence-electron chi connectivity index (χ2n) is 5.17. The van der Waals surface area contributed by atoms with Crippen LogP contribution in [0.15, 0.2) is 77.3 Å². The van der Waals surface area contributed by atoms with Crippen LogP contribution in [0.5, 0.6) is 11.5 Å². The smallest absolute Gasteiger partial charge is 0.275 e. The van der Waals surface area contributed by atoms with E-state index in [-0.39, 0.29) is 9.03 Å². The molecule has 0 heterocycles. The number of para-hydroxylation sites is 1. The van der Waals surface area contributed by atoms with Crippen molar-refractivity contribution < 1.29 is 9.05 Å². The van der Waals surface area contributed by atoms with Gasteiger partial charge in [0.25, 0.3) is 9.03 Å². The van der Waals surface area contributed by atoms with E-state index < -0.39 is 0 Å². The van der Waals surface area contributed by atoms with E-state index in [0.29, 0.717) is 5.02 Å². The standard InChI is InChI=1S/C20H15BrClO2P/c21-17-11-10-16(20(22)14-17)9-6-15-7-12-19(13-8-15)24-25-23-18-4-2-1-3-5-18/h1-14,25H/b9-6+. The lowest BCUT2D eigenvalue weighted by molar-refractivity contribution is 0.516. The number of hydrogen-bond acceptors (Lipinski definition) is 2. The molecule has 3 rings (SSSR count). The Balaban J connectivity index is 1.55. The van der Waals surface area contributed by atoms with Crippen molar-refractivity contribution in [1.29, 1.82) is 0 Å². The van der Waals surface area contributed by atoms with Gasteiger partial charge in [-0.3, -0.25) is 0 Å². The minimum absolute atomic E-state index is 0.0806. The molecular weight excluding hydrogens is 419 g/mol. The van der Waals surface area contributed by atoms with E-state index in [2.05, 4.69) is 15.9 Å². The third-order valence-electron chi connectivity index (χ3n) is 3.36. The largest absolute Gasteiger partial charge is 0.441 e. The van der Waals surface area contributed by atoms with Crippen molar-refractivity contribution in [2.24, 2.45) is 0 Å². The molecule has 0 bridgehead atoms. The Labute approximate surface area is 162 Å². The molecule has 0 N–H and O–H groups in total. The van der Waals surface area contributed by atoms with Gasteiger partial charge in [0, 0.05) is 9.50 Å². The van der Waals surface area contributed by atoms with Gasteiger partial charge in [0.05, 0.1) is 0 Å². The summed E-state index contributed by atoms with van der Waals surface area (Å²) < 4.78 is 12.1. The minimum atomic E-state index is -0.0806. The lowest BCUT2D eigenvalue weighted by atomic mass is 10.1. The summed E-state index contributed by atoms with van der Waals surface area (Å²) in [5.41, 5.74) is 2.04. The Bertz CT molecular complexity index is 851. The van der Waals surface area contributed by atoms with Crippen molar-refractivity contribution in [2.45, 2.75) is 0 Å². The highest BCUT2D eigenvalue weighted by atomic mass is 79.9. The van der Waals surface area contributed by atoms with Crippen LogP contribution in [0.3, 0.4) is 0 Å². The molecule has 0 saturated carbocycles. The highest BCUT2D eigenvalue weighted by Gasteiger charge is 1.99. The Kier molecular flexibility index (Phi) is 6.52. The summed E-state index contributed by atoms with van der Waals surface area (Å²) in [5.74, 6) is 1.57. The zero-order chi connectivity index (χ0) is 17.5. The van der Waals surface area contributed by atoms with Crippen molar-refractivity contribution in [3.8, 4) is 11.5 Å². The van der Waals surface area contributed by atoms with Crippen LogP contribution in [-0.2, 0) is 0 Å². The Morgan fingerprint density at radius 1 is 0.800 bits per heavy atom. The Morgan fingerprint density at radius 3 is 2.16 bits per heavy atom. The fourth-order valence-corrected chi connectivity index (χ4v) is 3.32. The molecule has 0 spiro atoms. The van der Waals surface area contributed by atoms with Gasteiger partial charge >= 0.3 is 0 Å². The van der Waals surface area contributed by atoms with Crippen LogP contribution in [-0.4, -0.2) is 0 Å². The molecule has 0 fully saturated rings. The summed E-state index contributed by atoms with van der Waals surface area (Å²) in [6.07, 6.45) is 4.01. The summed E-state index contributed by atoms with van der Waals surface area (Å²) in [7, 11) is -0.0806. The van der Waals surface area contributed by atoms with Gasteiger partial charge in [0.1, 0.15) is 11.5 Å². The van der Waals surface area contributed by atoms with E-state index in [4.69, 9.17) is 20.6 Å². The molecule has 3 aromatic carbocycles. The van der Waals surface area contributed by atoms with Crippen molar-refractivity contribution in [3.63, 3.8) is 0 Å². The fourth-order valence-electron chi connectivity index (χ4n) is 2.08. The maximum Gasteiger partial charge on any atom is 0.275 e. The summed E-state index contributed by atoms with van der Waals surface area (Å²) in [4.78, 5) is 0. The van der Waals surface area contributed by atoms with E-state index in [0.717, 1.165) is 27.1 Å². The molecule has 0 aliphatic carbocycles. The monoisotopic (exact) mass is 432 g/mol. The topological polar surface area (TPSA) is 18.5 Å². The number of halogens is 2. The molecule has 1 atom stereocenters. The summed E-state index contributed by atoms with van der Waals surface area (Å²) in [6.45, 7) is 0. The van der Waals surface area contributed by atoms with Crippen LogP contribution < -0.4 is 9.05 Å². The number of hydrogen-bond donors (Lipinski definition) is 0.